The highest BCUT2D eigenvalue weighted by Crippen LogP contribution is 2.30. The summed E-state index contributed by atoms with van der Waals surface area (Å²) >= 11 is 0. The second-order valence-electron chi connectivity index (χ2n) is 8.55. The van der Waals surface area contributed by atoms with Gasteiger partial charge in [-0.1, -0.05) is 45.0 Å². The molecule has 3 heterocycles. The summed E-state index contributed by atoms with van der Waals surface area (Å²) in [6.45, 7) is 9.50. The fourth-order valence-electron chi connectivity index (χ4n) is 3.74. The molecule has 1 atom stereocenters. The van der Waals surface area contributed by atoms with E-state index in [1.54, 1.807) is 6.07 Å². The number of nitrogens with zero attached hydrogens (tertiary/aromatic N) is 1. The Labute approximate surface area is 160 Å². The van der Waals surface area contributed by atoms with Crippen LogP contribution in [0.25, 0.3) is 11.3 Å². The normalized spacial score (nSPS) is 23.1. The van der Waals surface area contributed by atoms with Gasteiger partial charge in [-0.15, -0.1) is 0 Å². The molecule has 144 valence electrons. The van der Waals surface area contributed by atoms with E-state index in [0.717, 1.165) is 12.0 Å². The van der Waals surface area contributed by atoms with E-state index < -0.39 is 0 Å². The third kappa shape index (κ3) is 3.66. The van der Waals surface area contributed by atoms with Gasteiger partial charge in [0.05, 0.1) is 19.8 Å². The smallest absolute Gasteiger partial charge is 0.289 e. The molecular formula is C22H27NO4. The van der Waals surface area contributed by atoms with Crippen LogP contribution in [0.2, 0.25) is 0 Å². The fraction of sp³-hybridized carbons (Fsp3) is 0.500. The molecule has 0 aliphatic carbocycles. The molecule has 2 aliphatic heterocycles. The number of furan rings is 1. The van der Waals surface area contributed by atoms with Gasteiger partial charge in [0.2, 0.25) is 0 Å². The summed E-state index contributed by atoms with van der Waals surface area (Å²) in [5.41, 5.74) is 2.02. The number of amides is 1. The largest absolute Gasteiger partial charge is 0.451 e. The SMILES string of the molecule is CC(C)(C)c1ccc(-c2ccc(C(=O)N3CCOC4(CCOC4)C3)o2)cc1. The Morgan fingerprint density at radius 3 is 2.52 bits per heavy atom. The van der Waals surface area contributed by atoms with E-state index in [4.69, 9.17) is 13.9 Å². The molecular weight excluding hydrogens is 342 g/mol. The quantitative estimate of drug-likeness (QED) is 0.806. The first-order chi connectivity index (χ1) is 12.9. The second-order valence-corrected chi connectivity index (χ2v) is 8.55. The molecule has 27 heavy (non-hydrogen) atoms. The van der Waals surface area contributed by atoms with Crippen molar-refractivity contribution in [3.05, 3.63) is 47.7 Å². The number of ether oxygens (including phenoxy) is 2. The van der Waals surface area contributed by atoms with Crippen molar-refractivity contribution in [1.29, 1.82) is 0 Å². The molecule has 0 bridgehead atoms. The lowest BCUT2D eigenvalue weighted by molar-refractivity contribution is -0.0999. The average molecular weight is 369 g/mol. The third-order valence-corrected chi connectivity index (χ3v) is 5.46. The van der Waals surface area contributed by atoms with Crippen LogP contribution < -0.4 is 0 Å². The van der Waals surface area contributed by atoms with Crippen LogP contribution in [0.4, 0.5) is 0 Å². The summed E-state index contributed by atoms with van der Waals surface area (Å²) < 4.78 is 17.3. The second kappa shape index (κ2) is 6.80. The Morgan fingerprint density at radius 2 is 1.85 bits per heavy atom. The van der Waals surface area contributed by atoms with Gasteiger partial charge in [-0.3, -0.25) is 4.79 Å². The molecule has 5 heteroatoms. The minimum Gasteiger partial charge on any atom is -0.451 e. The molecule has 1 unspecified atom stereocenters. The van der Waals surface area contributed by atoms with Crippen molar-refractivity contribution in [2.24, 2.45) is 0 Å². The van der Waals surface area contributed by atoms with Gasteiger partial charge in [0, 0.05) is 25.1 Å². The van der Waals surface area contributed by atoms with Gasteiger partial charge in [0.25, 0.3) is 5.91 Å². The first-order valence-electron chi connectivity index (χ1n) is 9.58. The van der Waals surface area contributed by atoms with Gasteiger partial charge in [-0.25, -0.2) is 0 Å². The summed E-state index contributed by atoms with van der Waals surface area (Å²) in [5.74, 6) is 1.01. The summed E-state index contributed by atoms with van der Waals surface area (Å²) in [6, 6.07) is 12.0. The van der Waals surface area contributed by atoms with Gasteiger partial charge in [0.15, 0.2) is 5.76 Å². The first kappa shape index (κ1) is 18.3. The lowest BCUT2D eigenvalue weighted by Crippen LogP contribution is -2.54. The van der Waals surface area contributed by atoms with Crippen molar-refractivity contribution < 1.29 is 18.7 Å². The number of hydrogen-bond donors (Lipinski definition) is 0. The zero-order chi connectivity index (χ0) is 19.1. The molecule has 2 aromatic rings. The van der Waals surface area contributed by atoms with Gasteiger partial charge in [0.1, 0.15) is 11.4 Å². The standard InChI is InChI=1S/C22H27NO4/c1-21(2,3)17-6-4-16(5-7-17)18-8-9-19(27-18)20(24)23-11-13-26-22(14-23)10-12-25-15-22/h4-9H,10-15H2,1-3H3. The van der Waals surface area contributed by atoms with Crippen molar-refractivity contribution in [3.8, 4) is 11.3 Å². The van der Waals surface area contributed by atoms with E-state index in [0.29, 0.717) is 44.4 Å². The van der Waals surface area contributed by atoms with Gasteiger partial charge in [-0.05, 0) is 23.1 Å². The van der Waals surface area contributed by atoms with E-state index in [1.165, 1.54) is 5.56 Å². The van der Waals surface area contributed by atoms with Crippen molar-refractivity contribution in [1.82, 2.24) is 4.90 Å². The Morgan fingerprint density at radius 1 is 1.07 bits per heavy atom. The van der Waals surface area contributed by atoms with Gasteiger partial charge in [-0.2, -0.15) is 0 Å². The molecule has 2 saturated heterocycles. The molecule has 4 rings (SSSR count). The molecule has 0 saturated carbocycles. The molecule has 1 aromatic carbocycles. The van der Waals surface area contributed by atoms with Crippen LogP contribution >= 0.6 is 0 Å². The van der Waals surface area contributed by atoms with Gasteiger partial charge < -0.3 is 18.8 Å². The molecule has 2 aliphatic rings. The summed E-state index contributed by atoms with van der Waals surface area (Å²) in [4.78, 5) is 14.7. The van der Waals surface area contributed by atoms with Gasteiger partial charge >= 0.3 is 0 Å². The minimum absolute atomic E-state index is 0.0814. The molecule has 1 spiro atoms. The zero-order valence-corrected chi connectivity index (χ0v) is 16.3. The van der Waals surface area contributed by atoms with Crippen LogP contribution in [0.5, 0.6) is 0 Å². The average Bonchev–Trinajstić information content (AvgIpc) is 3.31. The lowest BCUT2D eigenvalue weighted by Gasteiger charge is -2.39. The number of carbonyl (C=O) groups is 1. The van der Waals surface area contributed by atoms with E-state index in [-0.39, 0.29) is 16.9 Å². The molecule has 1 aromatic heterocycles. The van der Waals surface area contributed by atoms with Crippen LogP contribution in [0.3, 0.4) is 0 Å². The van der Waals surface area contributed by atoms with E-state index >= 15 is 0 Å². The summed E-state index contributed by atoms with van der Waals surface area (Å²) in [5, 5.41) is 0. The summed E-state index contributed by atoms with van der Waals surface area (Å²) in [6.07, 6.45) is 0.834. The Balaban J connectivity index is 1.49. The lowest BCUT2D eigenvalue weighted by atomic mass is 9.86. The van der Waals surface area contributed by atoms with E-state index in [9.17, 15) is 4.79 Å². The maximum absolute atomic E-state index is 12.9. The summed E-state index contributed by atoms with van der Waals surface area (Å²) in [7, 11) is 0. The topological polar surface area (TPSA) is 51.9 Å². The van der Waals surface area contributed by atoms with Crippen molar-refractivity contribution in [3.63, 3.8) is 0 Å². The number of carbonyl (C=O) groups excluding carboxylic acids is 1. The van der Waals surface area contributed by atoms with Crippen molar-refractivity contribution in [2.45, 2.75) is 38.2 Å². The molecule has 5 nitrogen and oxygen atoms in total. The Bertz CT molecular complexity index is 810. The molecule has 2 fully saturated rings. The van der Waals surface area contributed by atoms with Crippen molar-refractivity contribution >= 4 is 5.91 Å². The predicted molar refractivity (Wildman–Crippen MR) is 103 cm³/mol. The van der Waals surface area contributed by atoms with Crippen LogP contribution in [0, 0.1) is 0 Å². The molecule has 0 N–H and O–H groups in total. The number of hydrogen-bond acceptors (Lipinski definition) is 4. The number of rotatable bonds is 2. The monoisotopic (exact) mass is 369 g/mol. The predicted octanol–water partition coefficient (Wildman–Crippen LogP) is 3.88. The molecule has 1 amide bonds. The maximum Gasteiger partial charge on any atom is 0.289 e. The zero-order valence-electron chi connectivity index (χ0n) is 16.3. The Hall–Kier alpha value is -2.11. The number of benzene rings is 1. The highest BCUT2D eigenvalue weighted by molar-refractivity contribution is 5.92. The van der Waals surface area contributed by atoms with Crippen LogP contribution in [-0.4, -0.2) is 49.3 Å². The highest BCUT2D eigenvalue weighted by Gasteiger charge is 2.42. The fourth-order valence-corrected chi connectivity index (χ4v) is 3.74. The Kier molecular flexibility index (Phi) is 4.60. The van der Waals surface area contributed by atoms with E-state index in [1.807, 2.05) is 23.1 Å². The highest BCUT2D eigenvalue weighted by atomic mass is 16.6. The van der Waals surface area contributed by atoms with E-state index in [2.05, 4.69) is 32.9 Å². The van der Waals surface area contributed by atoms with Crippen LogP contribution in [-0.2, 0) is 14.9 Å². The maximum atomic E-state index is 12.9. The van der Waals surface area contributed by atoms with Crippen LogP contribution in [0.15, 0.2) is 40.8 Å². The van der Waals surface area contributed by atoms with Crippen LogP contribution in [0.1, 0.15) is 43.3 Å². The molecule has 0 radical (unpaired) electrons. The number of morpholine rings is 1. The minimum atomic E-state index is -0.341. The third-order valence-electron chi connectivity index (χ3n) is 5.46. The van der Waals surface area contributed by atoms with Crippen molar-refractivity contribution in [2.75, 3.05) is 32.9 Å². The first-order valence-corrected chi connectivity index (χ1v) is 9.58.